The highest BCUT2D eigenvalue weighted by molar-refractivity contribution is 9.10. The number of esters is 2. The number of carbonyl (C=O) groups is 4. The SMILES string of the molecule is O=C(C[C@@H](NC(=O)OCc1ccccc1)C(=O)OCC(=O)c1ccc(Br)cc1)OCc1ccccc1. The zero-order valence-corrected chi connectivity index (χ0v) is 20.8. The summed E-state index contributed by atoms with van der Waals surface area (Å²) < 4.78 is 16.3. The first-order chi connectivity index (χ1) is 17.4. The minimum atomic E-state index is -1.41. The number of ether oxygens (including phenoxy) is 3. The molecule has 9 heteroatoms. The molecule has 3 aromatic rings. The van der Waals surface area contributed by atoms with Crippen molar-refractivity contribution in [1.82, 2.24) is 5.32 Å². The molecular formula is C27H24BrNO7. The standard InChI is InChI=1S/C27H24BrNO7/c28-22-13-11-21(12-14-22)24(30)18-35-26(32)23(15-25(31)34-16-19-7-3-1-4-8-19)29-27(33)36-17-20-9-5-2-6-10-20/h1-14,23H,15-18H2,(H,29,33)/t23-/m1/s1. The Morgan fingerprint density at radius 2 is 1.28 bits per heavy atom. The van der Waals surface area contributed by atoms with Gasteiger partial charge in [-0.3, -0.25) is 9.59 Å². The van der Waals surface area contributed by atoms with E-state index in [1.807, 2.05) is 12.1 Å². The van der Waals surface area contributed by atoms with Gasteiger partial charge >= 0.3 is 18.0 Å². The topological polar surface area (TPSA) is 108 Å². The third-order valence-corrected chi connectivity index (χ3v) is 5.44. The van der Waals surface area contributed by atoms with Gasteiger partial charge in [0.05, 0.1) is 6.42 Å². The zero-order valence-electron chi connectivity index (χ0n) is 19.2. The minimum Gasteiger partial charge on any atom is -0.461 e. The van der Waals surface area contributed by atoms with Gasteiger partial charge in [-0.15, -0.1) is 0 Å². The maximum atomic E-state index is 12.7. The fraction of sp³-hybridized carbons (Fsp3) is 0.185. The van der Waals surface area contributed by atoms with Gasteiger partial charge in [-0.1, -0.05) is 88.7 Å². The Balaban J connectivity index is 1.58. The van der Waals surface area contributed by atoms with Crippen LogP contribution in [0.1, 0.15) is 27.9 Å². The number of halogens is 1. The largest absolute Gasteiger partial charge is 0.461 e. The van der Waals surface area contributed by atoms with Gasteiger partial charge in [-0.2, -0.15) is 0 Å². The smallest absolute Gasteiger partial charge is 0.408 e. The van der Waals surface area contributed by atoms with E-state index in [2.05, 4.69) is 21.2 Å². The van der Waals surface area contributed by atoms with Crippen LogP contribution in [0.5, 0.6) is 0 Å². The number of rotatable bonds is 11. The first-order valence-electron chi connectivity index (χ1n) is 11.0. The number of hydrogen-bond acceptors (Lipinski definition) is 7. The average Bonchev–Trinajstić information content (AvgIpc) is 2.90. The zero-order chi connectivity index (χ0) is 25.8. The molecule has 0 spiro atoms. The molecule has 0 bridgehead atoms. The van der Waals surface area contributed by atoms with E-state index in [9.17, 15) is 19.2 Å². The van der Waals surface area contributed by atoms with Gasteiger partial charge in [0, 0.05) is 10.0 Å². The van der Waals surface area contributed by atoms with E-state index >= 15 is 0 Å². The molecule has 0 saturated carbocycles. The van der Waals surface area contributed by atoms with E-state index in [0.29, 0.717) is 5.56 Å². The molecule has 0 aliphatic rings. The molecule has 1 N–H and O–H groups in total. The van der Waals surface area contributed by atoms with Crippen molar-refractivity contribution in [2.45, 2.75) is 25.7 Å². The summed E-state index contributed by atoms with van der Waals surface area (Å²) in [5, 5.41) is 2.33. The second-order valence-corrected chi connectivity index (χ2v) is 8.56. The van der Waals surface area contributed by atoms with Crippen LogP contribution in [0, 0.1) is 0 Å². The van der Waals surface area contributed by atoms with Crippen LogP contribution in [0.15, 0.2) is 89.4 Å². The van der Waals surface area contributed by atoms with Crippen molar-refractivity contribution < 1.29 is 33.4 Å². The van der Waals surface area contributed by atoms with Crippen LogP contribution in [0.4, 0.5) is 4.79 Å². The van der Waals surface area contributed by atoms with E-state index in [1.165, 1.54) is 0 Å². The molecule has 0 aliphatic carbocycles. The molecule has 0 saturated heterocycles. The van der Waals surface area contributed by atoms with Gasteiger partial charge < -0.3 is 19.5 Å². The van der Waals surface area contributed by atoms with Crippen LogP contribution in [0.2, 0.25) is 0 Å². The fourth-order valence-electron chi connectivity index (χ4n) is 3.02. The summed E-state index contributed by atoms with van der Waals surface area (Å²) in [6, 6.07) is 23.1. The Kier molecular flexibility index (Phi) is 10.2. The van der Waals surface area contributed by atoms with E-state index in [4.69, 9.17) is 14.2 Å². The minimum absolute atomic E-state index is 0.00193. The van der Waals surface area contributed by atoms with E-state index in [-0.39, 0.29) is 13.2 Å². The van der Waals surface area contributed by atoms with Crippen molar-refractivity contribution in [3.8, 4) is 0 Å². The molecule has 0 fully saturated rings. The van der Waals surface area contributed by atoms with Crippen molar-refractivity contribution in [3.63, 3.8) is 0 Å². The van der Waals surface area contributed by atoms with Gasteiger partial charge in [-0.05, 0) is 23.3 Å². The average molecular weight is 554 g/mol. The number of ketones is 1. The molecule has 3 rings (SSSR count). The highest BCUT2D eigenvalue weighted by atomic mass is 79.9. The van der Waals surface area contributed by atoms with E-state index in [0.717, 1.165) is 15.6 Å². The van der Waals surface area contributed by atoms with Crippen LogP contribution < -0.4 is 5.32 Å². The Morgan fingerprint density at radius 1 is 0.722 bits per heavy atom. The molecule has 186 valence electrons. The number of Topliss-reactive ketones (excluding diaryl/α,β-unsaturated/α-hetero) is 1. The Bertz CT molecular complexity index is 1110. The Morgan fingerprint density at radius 3 is 1.86 bits per heavy atom. The van der Waals surface area contributed by atoms with Crippen LogP contribution in [0.3, 0.4) is 0 Å². The molecule has 8 nitrogen and oxygen atoms in total. The van der Waals surface area contributed by atoms with Crippen molar-refractivity contribution >= 4 is 39.7 Å². The highest BCUT2D eigenvalue weighted by Crippen LogP contribution is 2.12. The molecule has 0 heterocycles. The first-order valence-corrected chi connectivity index (χ1v) is 11.8. The number of amides is 1. The molecule has 1 amide bonds. The predicted molar refractivity (Wildman–Crippen MR) is 134 cm³/mol. The lowest BCUT2D eigenvalue weighted by molar-refractivity contribution is -0.152. The predicted octanol–water partition coefficient (Wildman–Crippen LogP) is 4.60. The first kappa shape index (κ1) is 26.6. The van der Waals surface area contributed by atoms with E-state index < -0.39 is 42.9 Å². The molecule has 0 radical (unpaired) electrons. The maximum Gasteiger partial charge on any atom is 0.408 e. The normalized spacial score (nSPS) is 11.1. The molecule has 36 heavy (non-hydrogen) atoms. The van der Waals surface area contributed by atoms with Crippen molar-refractivity contribution in [2.24, 2.45) is 0 Å². The van der Waals surface area contributed by atoms with Gasteiger partial charge in [-0.25, -0.2) is 9.59 Å². The summed E-state index contributed by atoms with van der Waals surface area (Å²) in [5.74, 6) is -2.13. The number of alkyl carbamates (subject to hydrolysis) is 1. The maximum absolute atomic E-state index is 12.7. The molecule has 0 unspecified atom stereocenters. The fourth-order valence-corrected chi connectivity index (χ4v) is 3.28. The molecule has 0 aromatic heterocycles. The van der Waals surface area contributed by atoms with Crippen molar-refractivity contribution in [1.29, 1.82) is 0 Å². The van der Waals surface area contributed by atoms with Gasteiger partial charge in [0.25, 0.3) is 0 Å². The van der Waals surface area contributed by atoms with Crippen molar-refractivity contribution in [3.05, 3.63) is 106 Å². The number of hydrogen-bond donors (Lipinski definition) is 1. The second kappa shape index (κ2) is 13.8. The number of nitrogens with one attached hydrogen (secondary N) is 1. The summed E-state index contributed by atoms with van der Waals surface area (Å²) >= 11 is 3.28. The van der Waals surface area contributed by atoms with Gasteiger partial charge in [0.1, 0.15) is 19.3 Å². The van der Waals surface area contributed by atoms with Crippen LogP contribution in [-0.2, 0) is 37.0 Å². The van der Waals surface area contributed by atoms with Crippen LogP contribution in [-0.4, -0.2) is 36.5 Å². The summed E-state index contributed by atoms with van der Waals surface area (Å²) in [4.78, 5) is 49.8. The summed E-state index contributed by atoms with van der Waals surface area (Å²) in [5.41, 5.74) is 1.86. The van der Waals surface area contributed by atoms with Crippen LogP contribution in [0.25, 0.3) is 0 Å². The van der Waals surface area contributed by atoms with Gasteiger partial charge in [0.2, 0.25) is 0 Å². The van der Waals surface area contributed by atoms with Crippen molar-refractivity contribution in [2.75, 3.05) is 6.61 Å². The second-order valence-electron chi connectivity index (χ2n) is 7.65. The monoisotopic (exact) mass is 553 g/mol. The number of carbonyl (C=O) groups excluding carboxylic acids is 4. The lowest BCUT2D eigenvalue weighted by atomic mass is 10.1. The van der Waals surface area contributed by atoms with Gasteiger partial charge in [0.15, 0.2) is 12.4 Å². The quantitative estimate of drug-likeness (QED) is 0.210. The molecular weight excluding hydrogens is 530 g/mol. The third-order valence-electron chi connectivity index (χ3n) is 4.91. The summed E-state index contributed by atoms with van der Waals surface area (Å²) in [6.07, 6.45) is -1.42. The highest BCUT2D eigenvalue weighted by Gasteiger charge is 2.27. The lowest BCUT2D eigenvalue weighted by Crippen LogP contribution is -2.44. The van der Waals surface area contributed by atoms with E-state index in [1.54, 1.807) is 72.8 Å². The summed E-state index contributed by atoms with van der Waals surface area (Å²) in [7, 11) is 0. The third kappa shape index (κ3) is 8.99. The number of benzene rings is 3. The van der Waals surface area contributed by atoms with Crippen LogP contribution >= 0.6 is 15.9 Å². The molecule has 3 aromatic carbocycles. The lowest BCUT2D eigenvalue weighted by Gasteiger charge is -2.17. The Hall–Kier alpha value is -3.98. The Labute approximate surface area is 216 Å². The molecule has 1 atom stereocenters. The molecule has 0 aliphatic heterocycles. The summed E-state index contributed by atoms with van der Waals surface area (Å²) in [6.45, 7) is -0.590.